The summed E-state index contributed by atoms with van der Waals surface area (Å²) < 4.78 is 38.5. The van der Waals surface area contributed by atoms with Crippen LogP contribution >= 0.6 is 11.6 Å². The van der Waals surface area contributed by atoms with Crippen molar-refractivity contribution in [2.75, 3.05) is 26.1 Å². The maximum absolute atomic E-state index is 12.8. The second kappa shape index (κ2) is 10.5. The van der Waals surface area contributed by atoms with Crippen LogP contribution in [0.15, 0.2) is 71.6 Å². The second-order valence-corrected chi connectivity index (χ2v) is 9.02. The van der Waals surface area contributed by atoms with Crippen molar-refractivity contribution >= 4 is 33.2 Å². The van der Waals surface area contributed by atoms with Crippen LogP contribution in [0.5, 0.6) is 11.5 Å². The lowest BCUT2D eigenvalue weighted by Gasteiger charge is -2.13. The first-order chi connectivity index (χ1) is 15.3. The van der Waals surface area contributed by atoms with Crippen LogP contribution in [0.1, 0.15) is 15.9 Å². The van der Waals surface area contributed by atoms with Crippen molar-refractivity contribution in [2.45, 2.75) is 11.3 Å². The Morgan fingerprint density at radius 2 is 1.62 bits per heavy atom. The molecule has 0 aliphatic rings. The molecule has 1 amide bonds. The molecule has 7 nitrogen and oxygen atoms in total. The molecule has 0 unspecified atom stereocenters. The number of carbonyl (C=O) groups is 1. The number of rotatable bonds is 9. The van der Waals surface area contributed by atoms with Crippen LogP contribution < -0.4 is 19.5 Å². The van der Waals surface area contributed by atoms with Gasteiger partial charge in [-0.25, -0.2) is 13.1 Å². The molecular formula is C23H23ClN2O5S. The molecule has 168 valence electrons. The zero-order valence-corrected chi connectivity index (χ0v) is 19.2. The molecule has 0 aliphatic heterocycles. The van der Waals surface area contributed by atoms with Crippen molar-refractivity contribution in [1.29, 1.82) is 0 Å². The van der Waals surface area contributed by atoms with Gasteiger partial charge in [0.25, 0.3) is 5.91 Å². The summed E-state index contributed by atoms with van der Waals surface area (Å²) in [5.41, 5.74) is 1.59. The van der Waals surface area contributed by atoms with E-state index in [9.17, 15) is 13.2 Å². The van der Waals surface area contributed by atoms with E-state index in [-0.39, 0.29) is 17.1 Å². The lowest BCUT2D eigenvalue weighted by molar-refractivity contribution is 0.102. The van der Waals surface area contributed by atoms with Gasteiger partial charge in [-0.05, 0) is 66.6 Å². The van der Waals surface area contributed by atoms with Gasteiger partial charge in [0.1, 0.15) is 11.5 Å². The van der Waals surface area contributed by atoms with Crippen molar-refractivity contribution < 1.29 is 22.7 Å². The van der Waals surface area contributed by atoms with Crippen molar-refractivity contribution in [3.63, 3.8) is 0 Å². The van der Waals surface area contributed by atoms with Gasteiger partial charge in [0.2, 0.25) is 10.0 Å². The summed E-state index contributed by atoms with van der Waals surface area (Å²) in [6, 6.07) is 18.0. The Labute approximate surface area is 192 Å². The molecule has 0 heterocycles. The monoisotopic (exact) mass is 474 g/mol. The average Bonchev–Trinajstić information content (AvgIpc) is 2.79. The Morgan fingerprint density at radius 3 is 2.25 bits per heavy atom. The number of carbonyl (C=O) groups excluding carboxylic acids is 1. The Morgan fingerprint density at radius 1 is 0.938 bits per heavy atom. The topological polar surface area (TPSA) is 93.7 Å². The number of halogens is 1. The highest BCUT2D eigenvalue weighted by atomic mass is 35.5. The SMILES string of the molecule is COc1ccc(CCNS(=O)(=O)c2ccc(OC)c(NC(=O)c3ccc(Cl)cc3)c2)cc1. The summed E-state index contributed by atoms with van der Waals surface area (Å²) in [6.45, 7) is 0.215. The molecule has 3 aromatic rings. The standard InChI is InChI=1S/C23H23ClN2O5S/c1-30-19-9-3-16(4-10-19)13-14-25-32(28,29)20-11-12-22(31-2)21(15-20)26-23(27)17-5-7-18(24)8-6-17/h3-12,15,25H,13-14H2,1-2H3,(H,26,27). The Hall–Kier alpha value is -3.07. The van der Waals surface area contributed by atoms with E-state index < -0.39 is 15.9 Å². The van der Waals surface area contributed by atoms with E-state index in [0.717, 1.165) is 11.3 Å². The van der Waals surface area contributed by atoms with Crippen molar-refractivity contribution in [2.24, 2.45) is 0 Å². The number of anilines is 1. The molecule has 0 radical (unpaired) electrons. The second-order valence-electron chi connectivity index (χ2n) is 6.82. The average molecular weight is 475 g/mol. The minimum atomic E-state index is -3.80. The van der Waals surface area contributed by atoms with E-state index in [1.165, 1.54) is 25.3 Å². The van der Waals surface area contributed by atoms with Crippen molar-refractivity contribution in [3.8, 4) is 11.5 Å². The highest BCUT2D eigenvalue weighted by Crippen LogP contribution is 2.28. The molecule has 2 N–H and O–H groups in total. The Balaban J connectivity index is 1.71. The lowest BCUT2D eigenvalue weighted by atomic mass is 10.1. The normalized spacial score (nSPS) is 11.1. The number of nitrogens with one attached hydrogen (secondary N) is 2. The maximum atomic E-state index is 12.8. The number of ether oxygens (including phenoxy) is 2. The first kappa shape index (κ1) is 23.6. The summed E-state index contributed by atoms with van der Waals surface area (Å²) in [5, 5.41) is 3.20. The van der Waals surface area contributed by atoms with Crippen molar-refractivity contribution in [1.82, 2.24) is 4.72 Å². The molecule has 9 heteroatoms. The van der Waals surface area contributed by atoms with Crippen LogP contribution in [0.4, 0.5) is 5.69 Å². The van der Waals surface area contributed by atoms with Gasteiger partial charge in [-0.3, -0.25) is 4.79 Å². The number of hydrogen-bond donors (Lipinski definition) is 2. The van der Waals surface area contributed by atoms with Crippen LogP contribution in [0, 0.1) is 0 Å². The first-order valence-corrected chi connectivity index (χ1v) is 11.6. The number of methoxy groups -OCH3 is 2. The fourth-order valence-electron chi connectivity index (χ4n) is 2.95. The van der Waals surface area contributed by atoms with Gasteiger partial charge in [-0.2, -0.15) is 0 Å². The third-order valence-electron chi connectivity index (χ3n) is 4.70. The molecule has 3 aromatic carbocycles. The fraction of sp³-hybridized carbons (Fsp3) is 0.174. The van der Waals surface area contributed by atoms with Gasteiger partial charge in [0.05, 0.1) is 24.8 Å². The summed E-state index contributed by atoms with van der Waals surface area (Å²) in [4.78, 5) is 12.6. The Kier molecular flexibility index (Phi) is 7.74. The van der Waals surface area contributed by atoms with Crippen LogP contribution in [0.25, 0.3) is 0 Å². The molecule has 3 rings (SSSR count). The molecule has 32 heavy (non-hydrogen) atoms. The maximum Gasteiger partial charge on any atom is 0.255 e. The number of amides is 1. The number of hydrogen-bond acceptors (Lipinski definition) is 5. The van der Waals surface area contributed by atoms with Crippen molar-refractivity contribution in [3.05, 3.63) is 82.9 Å². The van der Waals surface area contributed by atoms with Crippen LogP contribution in [-0.4, -0.2) is 35.1 Å². The fourth-order valence-corrected chi connectivity index (χ4v) is 4.14. The summed E-state index contributed by atoms with van der Waals surface area (Å²) >= 11 is 5.86. The summed E-state index contributed by atoms with van der Waals surface area (Å²) in [7, 11) is -0.769. The van der Waals surface area contributed by atoms with Gasteiger partial charge < -0.3 is 14.8 Å². The van der Waals surface area contributed by atoms with E-state index in [2.05, 4.69) is 10.0 Å². The van der Waals surface area contributed by atoms with E-state index >= 15 is 0 Å². The molecule has 0 bridgehead atoms. The zero-order valence-electron chi connectivity index (χ0n) is 17.6. The highest BCUT2D eigenvalue weighted by molar-refractivity contribution is 7.89. The van der Waals surface area contributed by atoms with Crippen LogP contribution in [0.2, 0.25) is 5.02 Å². The first-order valence-electron chi connectivity index (χ1n) is 9.70. The minimum absolute atomic E-state index is 0.0134. The molecular weight excluding hydrogens is 452 g/mol. The predicted molar refractivity (Wildman–Crippen MR) is 124 cm³/mol. The summed E-state index contributed by atoms with van der Waals surface area (Å²) in [6.07, 6.45) is 0.513. The molecule has 0 saturated carbocycles. The van der Waals surface area contributed by atoms with Gasteiger partial charge in [-0.1, -0.05) is 23.7 Å². The van der Waals surface area contributed by atoms with Crippen LogP contribution in [0.3, 0.4) is 0 Å². The molecule has 0 atom stereocenters. The van der Waals surface area contributed by atoms with E-state index in [4.69, 9.17) is 21.1 Å². The van der Waals surface area contributed by atoms with E-state index in [0.29, 0.717) is 22.8 Å². The minimum Gasteiger partial charge on any atom is -0.497 e. The molecule has 0 aliphatic carbocycles. The van der Waals surface area contributed by atoms with Gasteiger partial charge in [-0.15, -0.1) is 0 Å². The number of sulfonamides is 1. The third kappa shape index (κ3) is 6.00. The molecule has 0 fully saturated rings. The van der Waals surface area contributed by atoms with Gasteiger partial charge in [0.15, 0.2) is 0 Å². The number of benzene rings is 3. The Bertz CT molecular complexity index is 1180. The summed E-state index contributed by atoms with van der Waals surface area (Å²) in [5.74, 6) is 0.659. The van der Waals surface area contributed by atoms with Crippen LogP contribution in [-0.2, 0) is 16.4 Å². The molecule has 0 spiro atoms. The lowest BCUT2D eigenvalue weighted by Crippen LogP contribution is -2.26. The molecule has 0 saturated heterocycles. The van der Waals surface area contributed by atoms with Gasteiger partial charge >= 0.3 is 0 Å². The van der Waals surface area contributed by atoms with E-state index in [1.807, 2.05) is 24.3 Å². The third-order valence-corrected chi connectivity index (χ3v) is 6.41. The quantitative estimate of drug-likeness (QED) is 0.486. The van der Waals surface area contributed by atoms with Gasteiger partial charge in [0, 0.05) is 17.1 Å². The predicted octanol–water partition coefficient (Wildman–Crippen LogP) is 4.13. The molecule has 0 aromatic heterocycles. The smallest absolute Gasteiger partial charge is 0.255 e. The largest absolute Gasteiger partial charge is 0.497 e. The highest BCUT2D eigenvalue weighted by Gasteiger charge is 2.18. The van der Waals surface area contributed by atoms with E-state index in [1.54, 1.807) is 31.4 Å². The zero-order chi connectivity index (χ0) is 23.1.